The molecule has 1 aliphatic rings. The molecule has 0 radical (unpaired) electrons. The average molecular weight is 214 g/mol. The number of rotatable bonds is 3. The summed E-state index contributed by atoms with van der Waals surface area (Å²) in [4.78, 5) is 0. The predicted octanol–water partition coefficient (Wildman–Crippen LogP) is 2.77. The van der Waals surface area contributed by atoms with Gasteiger partial charge in [-0.25, -0.2) is 4.39 Å². The third-order valence-corrected chi connectivity index (χ3v) is 3.29. The normalized spacial score (nSPS) is 18.2. The van der Waals surface area contributed by atoms with Gasteiger partial charge in [-0.1, -0.05) is 11.6 Å². The Morgan fingerprint density at radius 3 is 2.79 bits per heavy atom. The first-order valence-corrected chi connectivity index (χ1v) is 5.16. The van der Waals surface area contributed by atoms with Gasteiger partial charge in [-0.15, -0.1) is 0 Å². The molecule has 1 fully saturated rings. The fourth-order valence-electron chi connectivity index (χ4n) is 1.71. The summed E-state index contributed by atoms with van der Waals surface area (Å²) in [6.07, 6.45) is 3.12. The molecule has 2 rings (SSSR count). The molecule has 76 valence electrons. The van der Waals surface area contributed by atoms with E-state index < -0.39 is 0 Å². The van der Waals surface area contributed by atoms with Gasteiger partial charge in [0.05, 0.1) is 0 Å². The summed E-state index contributed by atoms with van der Waals surface area (Å²) in [5.41, 5.74) is 1.08. The average Bonchev–Trinajstić information content (AvgIpc) is 2.92. The minimum absolute atomic E-state index is 0.178. The number of likely N-dealkylation sites (N-methyl/N-ethyl adjacent to an activating group) is 1. The molecule has 1 aliphatic carbocycles. The fourth-order valence-corrected chi connectivity index (χ4v) is 1.89. The zero-order valence-corrected chi connectivity index (χ0v) is 8.87. The molecule has 3 heteroatoms. The van der Waals surface area contributed by atoms with Crippen molar-refractivity contribution in [1.82, 2.24) is 5.32 Å². The number of nitrogens with one attached hydrogen (secondary N) is 1. The van der Waals surface area contributed by atoms with E-state index in [9.17, 15) is 4.39 Å². The van der Waals surface area contributed by atoms with E-state index in [4.69, 9.17) is 11.6 Å². The topological polar surface area (TPSA) is 12.0 Å². The number of halogens is 2. The number of hydrogen-bond donors (Lipinski definition) is 1. The van der Waals surface area contributed by atoms with Crippen molar-refractivity contribution in [2.75, 3.05) is 7.05 Å². The van der Waals surface area contributed by atoms with Crippen LogP contribution in [0.15, 0.2) is 18.2 Å². The van der Waals surface area contributed by atoms with E-state index in [-0.39, 0.29) is 11.4 Å². The highest BCUT2D eigenvalue weighted by Gasteiger charge is 2.41. The minimum atomic E-state index is -0.212. The largest absolute Gasteiger partial charge is 0.314 e. The van der Waals surface area contributed by atoms with Gasteiger partial charge in [0.25, 0.3) is 0 Å². The lowest BCUT2D eigenvalue weighted by atomic mass is 10.0. The molecular weight excluding hydrogens is 201 g/mol. The van der Waals surface area contributed by atoms with Crippen LogP contribution in [0.2, 0.25) is 5.02 Å². The third-order valence-electron chi connectivity index (χ3n) is 2.92. The van der Waals surface area contributed by atoms with Crippen LogP contribution >= 0.6 is 11.6 Å². The van der Waals surface area contributed by atoms with Gasteiger partial charge in [0.1, 0.15) is 5.82 Å². The van der Waals surface area contributed by atoms with Crippen LogP contribution < -0.4 is 5.32 Å². The monoisotopic (exact) mass is 213 g/mol. The first kappa shape index (κ1) is 9.94. The van der Waals surface area contributed by atoms with Gasteiger partial charge in [0.2, 0.25) is 0 Å². The summed E-state index contributed by atoms with van der Waals surface area (Å²) in [5, 5.41) is 3.93. The van der Waals surface area contributed by atoms with Crippen molar-refractivity contribution in [3.8, 4) is 0 Å². The minimum Gasteiger partial charge on any atom is -0.314 e. The first-order valence-electron chi connectivity index (χ1n) is 4.78. The quantitative estimate of drug-likeness (QED) is 0.814. The molecule has 1 saturated carbocycles. The molecule has 1 aromatic rings. The van der Waals surface area contributed by atoms with Crippen molar-refractivity contribution in [3.63, 3.8) is 0 Å². The maximum absolute atomic E-state index is 13.0. The number of benzene rings is 1. The Kier molecular flexibility index (Phi) is 2.50. The van der Waals surface area contributed by atoms with Crippen LogP contribution in [0.4, 0.5) is 4.39 Å². The first-order chi connectivity index (χ1) is 6.65. The van der Waals surface area contributed by atoms with Gasteiger partial charge >= 0.3 is 0 Å². The van der Waals surface area contributed by atoms with E-state index >= 15 is 0 Å². The van der Waals surface area contributed by atoms with Crippen LogP contribution in [0.3, 0.4) is 0 Å². The van der Waals surface area contributed by atoms with E-state index in [2.05, 4.69) is 5.32 Å². The smallest absolute Gasteiger partial charge is 0.123 e. The Morgan fingerprint density at radius 2 is 2.21 bits per heavy atom. The van der Waals surface area contributed by atoms with Crippen LogP contribution in [0.1, 0.15) is 18.4 Å². The highest BCUT2D eigenvalue weighted by Crippen LogP contribution is 2.39. The molecule has 14 heavy (non-hydrogen) atoms. The molecule has 0 unspecified atom stereocenters. The van der Waals surface area contributed by atoms with Crippen LogP contribution in [0.5, 0.6) is 0 Å². The molecule has 0 amide bonds. The van der Waals surface area contributed by atoms with Gasteiger partial charge < -0.3 is 5.32 Å². The molecule has 0 heterocycles. The molecule has 1 N–H and O–H groups in total. The van der Waals surface area contributed by atoms with Crippen molar-refractivity contribution in [2.45, 2.75) is 24.8 Å². The maximum Gasteiger partial charge on any atom is 0.123 e. The standard InChI is InChI=1S/C11H13ClFN/c1-14-11(4-5-11)7-8-6-9(13)2-3-10(8)12/h2-3,6,14H,4-5,7H2,1H3. The van der Waals surface area contributed by atoms with Crippen molar-refractivity contribution in [3.05, 3.63) is 34.6 Å². The number of hydrogen-bond acceptors (Lipinski definition) is 1. The Bertz CT molecular complexity index is 347. The van der Waals surface area contributed by atoms with E-state index in [1.807, 2.05) is 7.05 Å². The molecule has 1 aromatic carbocycles. The maximum atomic E-state index is 13.0. The van der Waals surface area contributed by atoms with Gasteiger partial charge in [0.15, 0.2) is 0 Å². The van der Waals surface area contributed by atoms with Crippen molar-refractivity contribution < 1.29 is 4.39 Å². The van der Waals surface area contributed by atoms with Gasteiger partial charge in [0, 0.05) is 10.6 Å². The Morgan fingerprint density at radius 1 is 1.50 bits per heavy atom. The molecule has 0 aliphatic heterocycles. The van der Waals surface area contributed by atoms with Crippen LogP contribution in [-0.2, 0) is 6.42 Å². The second-order valence-corrected chi connectivity index (χ2v) is 4.35. The summed E-state index contributed by atoms with van der Waals surface area (Å²) in [7, 11) is 1.94. The lowest BCUT2D eigenvalue weighted by Gasteiger charge is -2.14. The summed E-state index contributed by atoms with van der Waals surface area (Å²) < 4.78 is 13.0. The van der Waals surface area contributed by atoms with E-state index in [0.29, 0.717) is 5.02 Å². The molecular formula is C11H13ClFN. The van der Waals surface area contributed by atoms with E-state index in [1.165, 1.54) is 12.1 Å². The summed E-state index contributed by atoms with van der Waals surface area (Å²) >= 11 is 5.99. The molecule has 0 atom stereocenters. The van der Waals surface area contributed by atoms with Crippen molar-refractivity contribution in [1.29, 1.82) is 0 Å². The SMILES string of the molecule is CNC1(Cc2cc(F)ccc2Cl)CC1. The zero-order valence-electron chi connectivity index (χ0n) is 8.11. The highest BCUT2D eigenvalue weighted by molar-refractivity contribution is 6.31. The Hall–Kier alpha value is -0.600. The summed E-state index contributed by atoms with van der Waals surface area (Å²) in [5.74, 6) is -0.212. The van der Waals surface area contributed by atoms with Gasteiger partial charge in [-0.05, 0) is 50.1 Å². The molecule has 0 bridgehead atoms. The second-order valence-electron chi connectivity index (χ2n) is 3.94. The Labute approximate surface area is 88.3 Å². The summed E-state index contributed by atoms with van der Waals surface area (Å²) in [6.45, 7) is 0. The third kappa shape index (κ3) is 1.91. The lowest BCUT2D eigenvalue weighted by molar-refractivity contribution is 0.545. The van der Waals surface area contributed by atoms with Crippen LogP contribution in [0, 0.1) is 5.82 Å². The molecule has 0 aromatic heterocycles. The van der Waals surface area contributed by atoms with Gasteiger partial charge in [-0.2, -0.15) is 0 Å². The zero-order chi connectivity index (χ0) is 10.2. The molecule has 1 nitrogen and oxygen atoms in total. The van der Waals surface area contributed by atoms with Crippen molar-refractivity contribution in [2.24, 2.45) is 0 Å². The predicted molar refractivity (Wildman–Crippen MR) is 56.1 cm³/mol. The fraction of sp³-hybridized carbons (Fsp3) is 0.455. The van der Waals surface area contributed by atoms with Gasteiger partial charge in [-0.3, -0.25) is 0 Å². The van der Waals surface area contributed by atoms with Crippen LogP contribution in [0.25, 0.3) is 0 Å². The van der Waals surface area contributed by atoms with E-state index in [1.54, 1.807) is 6.07 Å². The van der Waals surface area contributed by atoms with E-state index in [0.717, 1.165) is 24.8 Å². The highest BCUT2D eigenvalue weighted by atomic mass is 35.5. The van der Waals surface area contributed by atoms with Crippen molar-refractivity contribution >= 4 is 11.6 Å². The summed E-state index contributed by atoms with van der Waals surface area (Å²) in [6, 6.07) is 4.54. The molecule has 0 saturated heterocycles. The lowest BCUT2D eigenvalue weighted by Crippen LogP contribution is -2.29. The molecule has 0 spiro atoms. The Balaban J connectivity index is 2.20. The van der Waals surface area contributed by atoms with Crippen LogP contribution in [-0.4, -0.2) is 12.6 Å². The second kappa shape index (κ2) is 3.52.